The van der Waals surface area contributed by atoms with Crippen LogP contribution in [0.4, 0.5) is 0 Å². The minimum absolute atomic E-state index is 0.0475. The molecule has 1 aliphatic rings. The fourth-order valence-electron chi connectivity index (χ4n) is 3.69. The second-order valence-corrected chi connectivity index (χ2v) is 6.91. The lowest BCUT2D eigenvalue weighted by molar-refractivity contribution is -0.130. The van der Waals surface area contributed by atoms with Crippen molar-refractivity contribution in [2.24, 2.45) is 0 Å². The molecule has 0 saturated carbocycles. The first-order valence-electron chi connectivity index (χ1n) is 9.34. The van der Waals surface area contributed by atoms with E-state index in [1.54, 1.807) is 54.7 Å². The molecule has 0 aliphatic carbocycles. The smallest absolute Gasteiger partial charge is 0.290 e. The molecule has 5 rings (SSSR count). The fraction of sp³-hybridized carbons (Fsp3) is 0.0870. The Bertz CT molecular complexity index is 1240. The maximum Gasteiger partial charge on any atom is 0.290 e. The van der Waals surface area contributed by atoms with Crippen LogP contribution in [-0.4, -0.2) is 26.7 Å². The number of benzene rings is 1. The summed E-state index contributed by atoms with van der Waals surface area (Å²) in [5.41, 5.74) is 0.942. The predicted octanol–water partition coefficient (Wildman–Crippen LogP) is 4.20. The molecule has 1 aromatic carbocycles. The van der Waals surface area contributed by atoms with Gasteiger partial charge in [-0.1, -0.05) is 24.3 Å². The van der Waals surface area contributed by atoms with Gasteiger partial charge in [0, 0.05) is 11.6 Å². The van der Waals surface area contributed by atoms with E-state index in [-0.39, 0.29) is 17.9 Å². The van der Waals surface area contributed by atoms with Crippen molar-refractivity contribution in [3.05, 3.63) is 102 Å². The molecule has 0 spiro atoms. The van der Waals surface area contributed by atoms with Crippen LogP contribution < -0.4 is 0 Å². The zero-order chi connectivity index (χ0) is 20.7. The van der Waals surface area contributed by atoms with Crippen LogP contribution in [0.3, 0.4) is 0 Å². The lowest BCUT2D eigenvalue weighted by Crippen LogP contribution is -2.31. The number of Topliss-reactive ketones (excluding diaryl/α,β-unsaturated/α-hetero) is 1. The SMILES string of the molecule is O=C(C1=C(O)C(=O)N(Cc2ccco2)C1c1ccccn1)c1cc2ccccc2o1. The van der Waals surface area contributed by atoms with Crippen molar-refractivity contribution in [2.45, 2.75) is 12.6 Å². The number of aromatic nitrogens is 1. The number of carbonyl (C=O) groups excluding carboxylic acids is 2. The topological polar surface area (TPSA) is 96.8 Å². The van der Waals surface area contributed by atoms with Crippen molar-refractivity contribution in [2.75, 3.05) is 0 Å². The van der Waals surface area contributed by atoms with Crippen LogP contribution in [0, 0.1) is 0 Å². The summed E-state index contributed by atoms with van der Waals surface area (Å²) in [6, 6.07) is 16.6. The lowest BCUT2D eigenvalue weighted by Gasteiger charge is -2.24. The molecular formula is C23H16N2O5. The van der Waals surface area contributed by atoms with E-state index in [2.05, 4.69) is 4.98 Å². The van der Waals surface area contributed by atoms with Crippen LogP contribution >= 0.6 is 0 Å². The molecule has 7 heteroatoms. The second kappa shape index (κ2) is 7.04. The summed E-state index contributed by atoms with van der Waals surface area (Å²) < 4.78 is 11.1. The van der Waals surface area contributed by atoms with E-state index in [0.29, 0.717) is 17.0 Å². The first-order valence-corrected chi connectivity index (χ1v) is 9.34. The van der Waals surface area contributed by atoms with E-state index in [4.69, 9.17) is 8.83 Å². The first kappa shape index (κ1) is 17.9. The number of aliphatic hydroxyl groups is 1. The van der Waals surface area contributed by atoms with Crippen LogP contribution in [-0.2, 0) is 11.3 Å². The molecule has 1 N–H and O–H groups in total. The first-order chi connectivity index (χ1) is 14.6. The van der Waals surface area contributed by atoms with Crippen molar-refractivity contribution in [1.82, 2.24) is 9.88 Å². The quantitative estimate of drug-likeness (QED) is 0.504. The monoisotopic (exact) mass is 400 g/mol. The Labute approximate surface area is 170 Å². The zero-order valence-corrected chi connectivity index (χ0v) is 15.7. The van der Waals surface area contributed by atoms with Gasteiger partial charge in [-0.3, -0.25) is 14.6 Å². The number of fused-ring (bicyclic) bond motifs is 1. The highest BCUT2D eigenvalue weighted by molar-refractivity contribution is 6.15. The number of hydrogen-bond acceptors (Lipinski definition) is 6. The van der Waals surface area contributed by atoms with Gasteiger partial charge >= 0.3 is 0 Å². The second-order valence-electron chi connectivity index (χ2n) is 6.91. The van der Waals surface area contributed by atoms with E-state index in [9.17, 15) is 14.7 Å². The van der Waals surface area contributed by atoms with E-state index in [0.717, 1.165) is 5.39 Å². The Morgan fingerprint density at radius 3 is 2.67 bits per heavy atom. The van der Waals surface area contributed by atoms with Crippen LogP contribution in [0.2, 0.25) is 0 Å². The highest BCUT2D eigenvalue weighted by Crippen LogP contribution is 2.39. The van der Waals surface area contributed by atoms with Gasteiger partial charge in [0.05, 0.1) is 24.1 Å². The third kappa shape index (κ3) is 2.88. The molecule has 0 radical (unpaired) electrons. The molecule has 1 aliphatic heterocycles. The normalized spacial score (nSPS) is 16.6. The average Bonchev–Trinajstić information content (AvgIpc) is 3.49. The summed E-state index contributed by atoms with van der Waals surface area (Å²) in [5.74, 6) is -1.26. The Morgan fingerprint density at radius 1 is 1.10 bits per heavy atom. The lowest BCUT2D eigenvalue weighted by atomic mass is 9.98. The molecule has 148 valence electrons. The molecule has 7 nitrogen and oxygen atoms in total. The zero-order valence-electron chi connectivity index (χ0n) is 15.7. The third-order valence-electron chi connectivity index (χ3n) is 5.07. The summed E-state index contributed by atoms with van der Waals surface area (Å²) in [6.45, 7) is 0.0774. The number of ketones is 1. The van der Waals surface area contributed by atoms with Crippen LogP contribution in [0.1, 0.15) is 28.1 Å². The molecule has 1 atom stereocenters. The molecule has 0 bridgehead atoms. The van der Waals surface area contributed by atoms with Crippen molar-refractivity contribution >= 4 is 22.7 Å². The van der Waals surface area contributed by atoms with Crippen LogP contribution in [0.25, 0.3) is 11.0 Å². The van der Waals surface area contributed by atoms with Crippen molar-refractivity contribution < 1.29 is 23.5 Å². The number of pyridine rings is 1. The number of amides is 1. The van der Waals surface area contributed by atoms with E-state index in [1.165, 1.54) is 11.2 Å². The molecule has 4 aromatic rings. The third-order valence-corrected chi connectivity index (χ3v) is 5.07. The van der Waals surface area contributed by atoms with E-state index < -0.39 is 23.5 Å². The number of nitrogens with zero attached hydrogens (tertiary/aromatic N) is 2. The van der Waals surface area contributed by atoms with E-state index >= 15 is 0 Å². The molecular weight excluding hydrogens is 384 g/mol. The predicted molar refractivity (Wildman–Crippen MR) is 106 cm³/mol. The fourth-order valence-corrected chi connectivity index (χ4v) is 3.69. The Hall–Kier alpha value is -4.13. The Balaban J connectivity index is 1.60. The number of aliphatic hydroxyl groups excluding tert-OH is 1. The van der Waals surface area contributed by atoms with Gasteiger partial charge in [0.25, 0.3) is 5.91 Å². The molecule has 30 heavy (non-hydrogen) atoms. The van der Waals surface area contributed by atoms with Crippen LogP contribution in [0.15, 0.2) is 93.3 Å². The molecule has 4 heterocycles. The highest BCUT2D eigenvalue weighted by atomic mass is 16.3. The van der Waals surface area contributed by atoms with Gasteiger partial charge < -0.3 is 18.8 Å². The van der Waals surface area contributed by atoms with Gasteiger partial charge in [-0.25, -0.2) is 0 Å². The summed E-state index contributed by atoms with van der Waals surface area (Å²) in [4.78, 5) is 32.0. The van der Waals surface area contributed by atoms with Gasteiger partial charge in [0.2, 0.25) is 5.78 Å². The van der Waals surface area contributed by atoms with Crippen molar-refractivity contribution in [3.63, 3.8) is 0 Å². The minimum Gasteiger partial charge on any atom is -0.503 e. The summed E-state index contributed by atoms with van der Waals surface area (Å²) in [6.07, 6.45) is 3.07. The van der Waals surface area contributed by atoms with E-state index in [1.807, 2.05) is 12.1 Å². The maximum absolute atomic E-state index is 13.4. The number of para-hydroxylation sites is 1. The largest absolute Gasteiger partial charge is 0.503 e. The molecule has 3 aromatic heterocycles. The standard InChI is InChI=1S/C23H16N2O5/c26-21(18-12-14-6-1-2-9-17(14)30-18)19-20(16-8-3-4-10-24-16)25(23(28)22(19)27)13-15-7-5-11-29-15/h1-12,20,27H,13H2. The van der Waals surface area contributed by atoms with Gasteiger partial charge in [-0.15, -0.1) is 0 Å². The molecule has 0 fully saturated rings. The maximum atomic E-state index is 13.4. The van der Waals surface area contributed by atoms with Crippen LogP contribution in [0.5, 0.6) is 0 Å². The molecule has 1 amide bonds. The average molecular weight is 400 g/mol. The highest BCUT2D eigenvalue weighted by Gasteiger charge is 2.45. The Kier molecular flexibility index (Phi) is 4.21. The van der Waals surface area contributed by atoms with Gasteiger partial charge in [0.1, 0.15) is 17.4 Å². The number of carbonyl (C=O) groups is 2. The summed E-state index contributed by atoms with van der Waals surface area (Å²) in [5, 5.41) is 11.4. The number of furan rings is 2. The summed E-state index contributed by atoms with van der Waals surface area (Å²) in [7, 11) is 0. The van der Waals surface area contributed by atoms with Crippen molar-refractivity contribution in [3.8, 4) is 0 Å². The summed E-state index contributed by atoms with van der Waals surface area (Å²) >= 11 is 0. The number of rotatable bonds is 5. The van der Waals surface area contributed by atoms with Gasteiger partial charge in [-0.2, -0.15) is 0 Å². The Morgan fingerprint density at radius 2 is 1.93 bits per heavy atom. The van der Waals surface area contributed by atoms with Gasteiger partial charge in [-0.05, 0) is 36.4 Å². The van der Waals surface area contributed by atoms with Crippen molar-refractivity contribution in [1.29, 1.82) is 0 Å². The molecule has 1 unspecified atom stereocenters. The molecule has 0 saturated heterocycles. The van der Waals surface area contributed by atoms with Gasteiger partial charge in [0.15, 0.2) is 11.5 Å². The number of hydrogen-bond donors (Lipinski definition) is 1. The minimum atomic E-state index is -0.871.